The lowest BCUT2D eigenvalue weighted by Crippen LogP contribution is -2.51. The Morgan fingerprint density at radius 1 is 1.26 bits per heavy atom. The van der Waals surface area contributed by atoms with Crippen molar-refractivity contribution in [3.63, 3.8) is 0 Å². The first kappa shape index (κ1) is 20.5. The SMILES string of the molecule is Cc1cc(C)c2nc(N(Cc3ccccc3)C(=O)C3CSC4(C)CCC(=O)N34)sc2c1. The van der Waals surface area contributed by atoms with Gasteiger partial charge < -0.3 is 4.90 Å². The molecule has 2 amide bonds. The molecule has 0 aliphatic carbocycles. The van der Waals surface area contributed by atoms with E-state index >= 15 is 0 Å². The fourth-order valence-electron chi connectivity index (χ4n) is 4.66. The number of carbonyl (C=O) groups excluding carboxylic acids is 2. The van der Waals surface area contributed by atoms with Crippen LogP contribution in [0.15, 0.2) is 42.5 Å². The van der Waals surface area contributed by atoms with E-state index in [-0.39, 0.29) is 16.7 Å². The molecule has 1 aromatic heterocycles. The number of aryl methyl sites for hydroxylation is 2. The fraction of sp³-hybridized carbons (Fsp3) is 0.375. The number of hydrogen-bond donors (Lipinski definition) is 0. The Bertz CT molecular complexity index is 1180. The van der Waals surface area contributed by atoms with Gasteiger partial charge in [-0.15, -0.1) is 11.8 Å². The number of thioether (sulfide) groups is 1. The van der Waals surface area contributed by atoms with Crippen molar-refractivity contribution >= 4 is 50.3 Å². The normalized spacial score (nSPS) is 22.9. The number of thiazole rings is 1. The number of fused-ring (bicyclic) bond motifs is 2. The van der Waals surface area contributed by atoms with Gasteiger partial charge in [0.25, 0.3) is 5.91 Å². The number of carbonyl (C=O) groups is 2. The van der Waals surface area contributed by atoms with Gasteiger partial charge in [-0.3, -0.25) is 14.5 Å². The smallest absolute Gasteiger partial charge is 0.252 e. The van der Waals surface area contributed by atoms with E-state index in [1.807, 2.05) is 35.2 Å². The van der Waals surface area contributed by atoms with E-state index in [1.54, 1.807) is 28.0 Å². The van der Waals surface area contributed by atoms with E-state index in [9.17, 15) is 9.59 Å². The predicted octanol–water partition coefficient (Wildman–Crippen LogP) is 4.90. The first-order valence-electron chi connectivity index (χ1n) is 10.5. The van der Waals surface area contributed by atoms with E-state index in [0.29, 0.717) is 23.8 Å². The Balaban J connectivity index is 1.56. The Morgan fingerprint density at radius 3 is 2.81 bits per heavy atom. The molecule has 31 heavy (non-hydrogen) atoms. The van der Waals surface area contributed by atoms with Crippen molar-refractivity contribution in [2.75, 3.05) is 10.7 Å². The number of hydrogen-bond acceptors (Lipinski definition) is 5. The number of amides is 2. The highest BCUT2D eigenvalue weighted by Gasteiger charge is 2.53. The number of nitrogens with zero attached hydrogens (tertiary/aromatic N) is 3. The highest BCUT2D eigenvalue weighted by molar-refractivity contribution is 8.01. The van der Waals surface area contributed by atoms with Crippen LogP contribution in [0, 0.1) is 13.8 Å². The van der Waals surface area contributed by atoms with Crippen molar-refractivity contribution in [1.82, 2.24) is 9.88 Å². The molecule has 2 aromatic carbocycles. The van der Waals surface area contributed by atoms with Crippen LogP contribution in [0.4, 0.5) is 5.13 Å². The molecule has 2 aliphatic rings. The topological polar surface area (TPSA) is 53.5 Å². The molecule has 2 fully saturated rings. The maximum Gasteiger partial charge on any atom is 0.252 e. The van der Waals surface area contributed by atoms with Crippen molar-refractivity contribution in [1.29, 1.82) is 0 Å². The van der Waals surface area contributed by atoms with Crippen LogP contribution in [-0.2, 0) is 16.1 Å². The molecule has 0 bridgehead atoms. The van der Waals surface area contributed by atoms with Crippen LogP contribution in [0.3, 0.4) is 0 Å². The average molecular weight is 452 g/mol. The molecule has 0 radical (unpaired) electrons. The zero-order valence-corrected chi connectivity index (χ0v) is 19.6. The highest BCUT2D eigenvalue weighted by atomic mass is 32.2. The summed E-state index contributed by atoms with van der Waals surface area (Å²) in [4.78, 5) is 34.8. The minimum Gasteiger partial charge on any atom is -0.315 e. The number of aromatic nitrogens is 1. The van der Waals surface area contributed by atoms with Crippen LogP contribution in [0.25, 0.3) is 10.2 Å². The Hall–Kier alpha value is -2.38. The number of benzene rings is 2. The maximum atomic E-state index is 13.9. The fourth-order valence-corrected chi connectivity index (χ4v) is 7.23. The summed E-state index contributed by atoms with van der Waals surface area (Å²) < 4.78 is 1.08. The standard InChI is InChI=1S/C24H25N3O2S2/c1-15-11-16(2)21-19(12-15)31-23(25-21)26(13-17-7-5-4-6-8-17)22(29)18-14-30-24(3)10-9-20(28)27(18)24/h4-8,11-12,18H,9-10,13-14H2,1-3H3. The summed E-state index contributed by atoms with van der Waals surface area (Å²) in [5.74, 6) is 0.681. The zero-order valence-electron chi connectivity index (χ0n) is 17.9. The lowest BCUT2D eigenvalue weighted by atomic mass is 10.1. The molecular weight excluding hydrogens is 426 g/mol. The van der Waals surface area contributed by atoms with E-state index < -0.39 is 6.04 Å². The lowest BCUT2D eigenvalue weighted by Gasteiger charge is -2.32. The summed E-state index contributed by atoms with van der Waals surface area (Å²) in [5, 5.41) is 0.697. The third-order valence-electron chi connectivity index (χ3n) is 6.23. The Kier molecular flexibility index (Phi) is 5.06. The van der Waals surface area contributed by atoms with Gasteiger partial charge in [0, 0.05) is 12.2 Å². The van der Waals surface area contributed by atoms with Crippen LogP contribution >= 0.6 is 23.1 Å². The van der Waals surface area contributed by atoms with Crippen LogP contribution < -0.4 is 4.90 Å². The van der Waals surface area contributed by atoms with Crippen LogP contribution in [0.5, 0.6) is 0 Å². The quantitative estimate of drug-likeness (QED) is 0.566. The molecule has 0 saturated carbocycles. The molecule has 3 heterocycles. The van der Waals surface area contributed by atoms with Crippen molar-refractivity contribution < 1.29 is 9.59 Å². The van der Waals surface area contributed by atoms with Crippen molar-refractivity contribution in [2.24, 2.45) is 0 Å². The van der Waals surface area contributed by atoms with E-state index in [4.69, 9.17) is 4.98 Å². The van der Waals surface area contributed by atoms with Gasteiger partial charge in [-0.2, -0.15) is 0 Å². The lowest BCUT2D eigenvalue weighted by molar-refractivity contribution is -0.136. The van der Waals surface area contributed by atoms with E-state index in [2.05, 4.69) is 32.9 Å². The van der Waals surface area contributed by atoms with Gasteiger partial charge in [0.1, 0.15) is 6.04 Å². The first-order chi connectivity index (χ1) is 14.9. The summed E-state index contributed by atoms with van der Waals surface area (Å²) >= 11 is 3.27. The van der Waals surface area contributed by atoms with Crippen LogP contribution in [-0.4, -0.2) is 38.4 Å². The highest BCUT2D eigenvalue weighted by Crippen LogP contribution is 2.48. The van der Waals surface area contributed by atoms with Gasteiger partial charge in [-0.25, -0.2) is 4.98 Å². The average Bonchev–Trinajstić information content (AvgIpc) is 3.40. The van der Waals surface area contributed by atoms with Crippen molar-refractivity contribution in [2.45, 2.75) is 51.1 Å². The molecule has 7 heteroatoms. The molecular formula is C24H25N3O2S2. The zero-order chi connectivity index (χ0) is 21.8. The van der Waals surface area contributed by atoms with Gasteiger partial charge in [0.15, 0.2) is 5.13 Å². The first-order valence-corrected chi connectivity index (χ1v) is 12.4. The van der Waals surface area contributed by atoms with Gasteiger partial charge in [0.2, 0.25) is 5.91 Å². The van der Waals surface area contributed by atoms with Crippen LogP contribution in [0.1, 0.15) is 36.5 Å². The second-order valence-electron chi connectivity index (χ2n) is 8.60. The van der Waals surface area contributed by atoms with Crippen LogP contribution in [0.2, 0.25) is 0 Å². The summed E-state index contributed by atoms with van der Waals surface area (Å²) in [7, 11) is 0. The second-order valence-corrected chi connectivity index (χ2v) is 11.1. The van der Waals surface area contributed by atoms with E-state index in [0.717, 1.165) is 27.8 Å². The third-order valence-corrected chi connectivity index (χ3v) is 8.76. The summed E-state index contributed by atoms with van der Waals surface area (Å²) in [6, 6.07) is 13.8. The molecule has 0 spiro atoms. The molecule has 160 valence electrons. The Morgan fingerprint density at radius 2 is 2.03 bits per heavy atom. The van der Waals surface area contributed by atoms with E-state index in [1.165, 1.54) is 5.56 Å². The molecule has 2 aliphatic heterocycles. The maximum absolute atomic E-state index is 13.9. The monoisotopic (exact) mass is 451 g/mol. The Labute approximate surface area is 190 Å². The molecule has 0 N–H and O–H groups in total. The molecule has 2 saturated heterocycles. The number of rotatable bonds is 4. The van der Waals surface area contributed by atoms with Crippen molar-refractivity contribution in [3.8, 4) is 0 Å². The molecule has 5 nitrogen and oxygen atoms in total. The molecule has 2 unspecified atom stereocenters. The molecule has 2 atom stereocenters. The second kappa shape index (κ2) is 7.64. The minimum atomic E-state index is -0.441. The number of anilines is 1. The molecule has 3 aromatic rings. The van der Waals surface area contributed by atoms with Gasteiger partial charge >= 0.3 is 0 Å². The summed E-state index contributed by atoms with van der Waals surface area (Å²) in [6.07, 6.45) is 1.32. The van der Waals surface area contributed by atoms with Crippen molar-refractivity contribution in [3.05, 3.63) is 59.2 Å². The largest absolute Gasteiger partial charge is 0.315 e. The molecule has 5 rings (SSSR count). The third kappa shape index (κ3) is 3.53. The minimum absolute atomic E-state index is 0.0382. The predicted molar refractivity (Wildman–Crippen MR) is 127 cm³/mol. The summed E-state index contributed by atoms with van der Waals surface area (Å²) in [6.45, 7) is 6.66. The summed E-state index contributed by atoms with van der Waals surface area (Å²) in [5.41, 5.74) is 4.29. The van der Waals surface area contributed by atoms with Gasteiger partial charge in [-0.05, 0) is 49.9 Å². The van der Waals surface area contributed by atoms with Gasteiger partial charge in [-0.1, -0.05) is 47.7 Å². The van der Waals surface area contributed by atoms with Gasteiger partial charge in [0.05, 0.1) is 21.6 Å².